The Hall–Kier alpha value is -1.35. The highest BCUT2D eigenvalue weighted by molar-refractivity contribution is 6.87. The quantitative estimate of drug-likeness (QED) is 0.770. The molecule has 0 N–H and O–H groups in total. The molecular formula is C16H21NOSi. The third kappa shape index (κ3) is 2.16. The molecule has 0 spiro atoms. The monoisotopic (exact) mass is 271 g/mol. The van der Waals surface area contributed by atoms with Gasteiger partial charge in [-0.15, -0.1) is 0 Å². The van der Waals surface area contributed by atoms with E-state index in [9.17, 15) is 4.79 Å². The zero-order chi connectivity index (χ0) is 13.6. The molecule has 1 aliphatic heterocycles. The normalized spacial score (nSPS) is 23.2. The van der Waals surface area contributed by atoms with Crippen molar-refractivity contribution in [2.75, 3.05) is 18.0 Å². The van der Waals surface area contributed by atoms with Gasteiger partial charge in [0.25, 0.3) is 0 Å². The van der Waals surface area contributed by atoms with Crippen LogP contribution in [-0.4, -0.2) is 26.9 Å². The largest absolute Gasteiger partial charge is 0.367 e. The van der Waals surface area contributed by atoms with Gasteiger partial charge in [-0.2, -0.15) is 0 Å². The lowest BCUT2D eigenvalue weighted by atomic mass is 10.1. The smallest absolute Gasteiger partial charge is 0.155 e. The fraction of sp³-hybridized carbons (Fsp3) is 0.438. The fourth-order valence-electron chi connectivity index (χ4n) is 3.49. The Kier molecular flexibility index (Phi) is 2.89. The summed E-state index contributed by atoms with van der Waals surface area (Å²) in [6.45, 7) is 8.85. The van der Waals surface area contributed by atoms with Gasteiger partial charge >= 0.3 is 0 Å². The van der Waals surface area contributed by atoms with E-state index in [4.69, 9.17) is 0 Å². The Morgan fingerprint density at radius 3 is 2.47 bits per heavy atom. The summed E-state index contributed by atoms with van der Waals surface area (Å²) in [5.74, 6) is 0.918. The number of rotatable bonds is 2. The van der Waals surface area contributed by atoms with E-state index in [1.165, 1.54) is 16.5 Å². The summed E-state index contributed by atoms with van der Waals surface area (Å²) >= 11 is 0. The molecule has 3 rings (SSSR count). The van der Waals surface area contributed by atoms with Crippen LogP contribution in [0.3, 0.4) is 0 Å². The number of hydrogen-bond acceptors (Lipinski definition) is 2. The molecule has 0 aromatic heterocycles. The molecule has 0 radical (unpaired) electrons. The molecule has 19 heavy (non-hydrogen) atoms. The molecule has 0 bridgehead atoms. The maximum Gasteiger partial charge on any atom is 0.155 e. The summed E-state index contributed by atoms with van der Waals surface area (Å²) in [7, 11) is -1.50. The minimum Gasteiger partial charge on any atom is -0.367 e. The zero-order valence-corrected chi connectivity index (χ0v) is 12.9. The van der Waals surface area contributed by atoms with E-state index in [0.717, 1.165) is 19.5 Å². The minimum absolute atomic E-state index is 0.437. The van der Waals surface area contributed by atoms with Crippen molar-refractivity contribution in [3.05, 3.63) is 41.1 Å². The highest BCUT2D eigenvalue weighted by atomic mass is 28.3. The van der Waals surface area contributed by atoms with Gasteiger partial charge in [0.1, 0.15) is 0 Å². The zero-order valence-electron chi connectivity index (χ0n) is 11.9. The van der Waals surface area contributed by atoms with Gasteiger partial charge in [0.2, 0.25) is 0 Å². The molecule has 1 fully saturated rings. The molecule has 1 heterocycles. The van der Waals surface area contributed by atoms with Crippen molar-refractivity contribution in [3.63, 3.8) is 0 Å². The van der Waals surface area contributed by atoms with Gasteiger partial charge in [-0.05, 0) is 22.9 Å². The fourth-order valence-corrected chi connectivity index (χ4v) is 5.67. The van der Waals surface area contributed by atoms with Gasteiger partial charge in [-0.1, -0.05) is 37.8 Å². The molecule has 1 aromatic rings. The predicted octanol–water partition coefficient (Wildman–Crippen LogP) is 3.27. The SMILES string of the molecule is C[Si](C)(C)C1=C2CN(c3ccccc3)CC2CC1=O. The van der Waals surface area contributed by atoms with Crippen LogP contribution < -0.4 is 4.90 Å². The van der Waals surface area contributed by atoms with E-state index < -0.39 is 8.07 Å². The number of benzene rings is 1. The van der Waals surface area contributed by atoms with Crippen LogP contribution in [0.2, 0.25) is 19.6 Å². The van der Waals surface area contributed by atoms with Crippen molar-refractivity contribution >= 4 is 19.5 Å². The number of hydrogen-bond donors (Lipinski definition) is 0. The number of nitrogens with zero attached hydrogens (tertiary/aromatic N) is 1. The summed E-state index contributed by atoms with van der Waals surface area (Å²) < 4.78 is 0. The number of fused-ring (bicyclic) bond motifs is 1. The van der Waals surface area contributed by atoms with Gasteiger partial charge in [0.15, 0.2) is 5.78 Å². The minimum atomic E-state index is -1.50. The molecule has 0 amide bonds. The molecule has 0 saturated carbocycles. The van der Waals surface area contributed by atoms with E-state index in [0.29, 0.717) is 11.7 Å². The van der Waals surface area contributed by atoms with E-state index in [1.807, 2.05) is 0 Å². The summed E-state index contributed by atoms with van der Waals surface area (Å²) in [4.78, 5) is 14.7. The number of ketones is 1. The first-order chi connectivity index (χ1) is 8.97. The topological polar surface area (TPSA) is 20.3 Å². The van der Waals surface area contributed by atoms with Crippen LogP contribution in [0.15, 0.2) is 41.1 Å². The molecular weight excluding hydrogens is 250 g/mol. The third-order valence-corrected chi connectivity index (χ3v) is 6.30. The van der Waals surface area contributed by atoms with E-state index in [2.05, 4.69) is 54.9 Å². The highest BCUT2D eigenvalue weighted by Crippen LogP contribution is 2.40. The molecule has 1 aliphatic carbocycles. The van der Waals surface area contributed by atoms with Gasteiger partial charge < -0.3 is 4.90 Å². The Balaban J connectivity index is 1.93. The number of Topliss-reactive ketones (excluding diaryl/α,β-unsaturated/α-hetero) is 1. The Morgan fingerprint density at radius 2 is 1.84 bits per heavy atom. The average Bonchev–Trinajstić information content (AvgIpc) is 2.84. The van der Waals surface area contributed by atoms with Crippen LogP contribution in [-0.2, 0) is 4.79 Å². The predicted molar refractivity (Wildman–Crippen MR) is 82.1 cm³/mol. The number of allylic oxidation sites excluding steroid dienone is 1. The van der Waals surface area contributed by atoms with Crippen LogP contribution in [0.4, 0.5) is 5.69 Å². The highest BCUT2D eigenvalue weighted by Gasteiger charge is 2.42. The van der Waals surface area contributed by atoms with Crippen LogP contribution >= 0.6 is 0 Å². The van der Waals surface area contributed by atoms with Crippen molar-refractivity contribution in [1.29, 1.82) is 0 Å². The molecule has 1 saturated heterocycles. The second kappa shape index (κ2) is 4.34. The van der Waals surface area contributed by atoms with Crippen molar-refractivity contribution in [2.45, 2.75) is 26.1 Å². The first kappa shape index (κ1) is 12.7. The van der Waals surface area contributed by atoms with Gasteiger partial charge in [-0.25, -0.2) is 0 Å². The third-order valence-electron chi connectivity index (χ3n) is 4.20. The van der Waals surface area contributed by atoms with Crippen LogP contribution in [0, 0.1) is 5.92 Å². The Bertz CT molecular complexity index is 542. The molecule has 1 unspecified atom stereocenters. The summed E-state index contributed by atoms with van der Waals surface area (Å²) in [5, 5.41) is 1.23. The second-order valence-corrected chi connectivity index (χ2v) is 11.7. The van der Waals surface area contributed by atoms with Crippen LogP contribution in [0.5, 0.6) is 0 Å². The van der Waals surface area contributed by atoms with E-state index >= 15 is 0 Å². The Labute approximate surface area is 116 Å². The van der Waals surface area contributed by atoms with Gasteiger partial charge in [0.05, 0.1) is 8.07 Å². The van der Waals surface area contributed by atoms with E-state index in [1.54, 1.807) is 0 Å². The van der Waals surface area contributed by atoms with Crippen molar-refractivity contribution < 1.29 is 4.79 Å². The standard InChI is InChI=1S/C16H21NOSi/c1-19(2,3)16-14-11-17(10-12(14)9-15(16)18)13-7-5-4-6-8-13/h4-8,12H,9-11H2,1-3H3. The number of anilines is 1. The molecule has 2 aliphatic rings. The number of para-hydroxylation sites is 1. The lowest BCUT2D eigenvalue weighted by Gasteiger charge is -2.21. The van der Waals surface area contributed by atoms with Gasteiger partial charge in [0, 0.05) is 31.1 Å². The second-order valence-electron chi connectivity index (χ2n) is 6.69. The molecule has 1 atom stereocenters. The number of carbonyl (C=O) groups excluding carboxylic acids is 1. The number of carbonyl (C=O) groups is 1. The van der Waals surface area contributed by atoms with Crippen LogP contribution in [0.25, 0.3) is 0 Å². The summed E-state index contributed by atoms with van der Waals surface area (Å²) in [6, 6.07) is 10.6. The maximum atomic E-state index is 12.2. The first-order valence-electron chi connectivity index (χ1n) is 7.03. The molecule has 3 heteroatoms. The molecule has 2 nitrogen and oxygen atoms in total. The Morgan fingerprint density at radius 1 is 1.16 bits per heavy atom. The van der Waals surface area contributed by atoms with Crippen LogP contribution in [0.1, 0.15) is 6.42 Å². The first-order valence-corrected chi connectivity index (χ1v) is 10.5. The average molecular weight is 271 g/mol. The van der Waals surface area contributed by atoms with Crippen molar-refractivity contribution in [2.24, 2.45) is 5.92 Å². The summed E-state index contributed by atoms with van der Waals surface area (Å²) in [5.41, 5.74) is 2.74. The van der Waals surface area contributed by atoms with Gasteiger partial charge in [-0.3, -0.25) is 4.79 Å². The maximum absolute atomic E-state index is 12.2. The van der Waals surface area contributed by atoms with Crippen molar-refractivity contribution in [3.8, 4) is 0 Å². The molecule has 100 valence electrons. The van der Waals surface area contributed by atoms with Crippen molar-refractivity contribution in [1.82, 2.24) is 0 Å². The summed E-state index contributed by atoms with van der Waals surface area (Å²) in [6.07, 6.45) is 0.748. The molecule has 1 aromatic carbocycles. The van der Waals surface area contributed by atoms with E-state index in [-0.39, 0.29) is 0 Å². The lowest BCUT2D eigenvalue weighted by molar-refractivity contribution is -0.114. The lowest BCUT2D eigenvalue weighted by Crippen LogP contribution is -2.30.